The predicted molar refractivity (Wildman–Crippen MR) is 99.7 cm³/mol. The average Bonchev–Trinajstić information content (AvgIpc) is 3.31. The maximum absolute atomic E-state index is 12.4. The quantitative estimate of drug-likeness (QED) is 0.657. The van der Waals surface area contributed by atoms with Gasteiger partial charge in [-0.05, 0) is 26.5 Å². The molecule has 0 saturated heterocycles. The maximum atomic E-state index is 12.4. The predicted octanol–water partition coefficient (Wildman–Crippen LogP) is 2.41. The first-order valence-corrected chi connectivity index (χ1v) is 8.93. The van der Waals surface area contributed by atoms with Crippen molar-refractivity contribution in [2.75, 3.05) is 7.05 Å². The minimum Gasteiger partial charge on any atom is -0.359 e. The van der Waals surface area contributed by atoms with Crippen LogP contribution in [0, 0.1) is 0 Å². The van der Waals surface area contributed by atoms with Crippen LogP contribution in [-0.4, -0.2) is 37.8 Å². The summed E-state index contributed by atoms with van der Waals surface area (Å²) in [6.07, 6.45) is 1.65. The van der Waals surface area contributed by atoms with Gasteiger partial charge < -0.3 is 14.4 Å². The van der Waals surface area contributed by atoms with Crippen LogP contribution in [0.5, 0.6) is 0 Å². The van der Waals surface area contributed by atoms with Crippen molar-refractivity contribution in [3.63, 3.8) is 0 Å². The number of nitrogens with one attached hydrogen (secondary N) is 1. The topological polar surface area (TPSA) is 89.1 Å². The standard InChI is InChI=1S/C19H24N6O2/c1-4-25-13-20-22-18(25)14(2)21-19(26)17-10-16(27-23-17)12-24(3)11-15-8-6-5-7-9-15/h5-10,13-14H,4,11-12H2,1-3H3,(H,21,26)/t14-/m1/s1. The Morgan fingerprint density at radius 3 is 2.81 bits per heavy atom. The molecule has 0 spiro atoms. The lowest BCUT2D eigenvalue weighted by molar-refractivity contribution is 0.0928. The van der Waals surface area contributed by atoms with Crippen molar-refractivity contribution in [2.45, 2.75) is 39.5 Å². The van der Waals surface area contributed by atoms with E-state index in [0.717, 1.165) is 13.1 Å². The molecule has 2 heterocycles. The molecule has 3 aromatic rings. The molecule has 1 aromatic carbocycles. The van der Waals surface area contributed by atoms with Gasteiger partial charge in [0, 0.05) is 19.2 Å². The van der Waals surface area contributed by atoms with Crippen molar-refractivity contribution in [3.05, 3.63) is 65.6 Å². The highest BCUT2D eigenvalue weighted by molar-refractivity contribution is 5.92. The van der Waals surface area contributed by atoms with Crippen LogP contribution < -0.4 is 5.32 Å². The van der Waals surface area contributed by atoms with E-state index in [2.05, 4.69) is 37.7 Å². The number of hydrogen-bond acceptors (Lipinski definition) is 6. The highest BCUT2D eigenvalue weighted by atomic mass is 16.5. The second-order valence-electron chi connectivity index (χ2n) is 6.51. The highest BCUT2D eigenvalue weighted by Crippen LogP contribution is 2.12. The first-order chi connectivity index (χ1) is 13.1. The highest BCUT2D eigenvalue weighted by Gasteiger charge is 2.19. The molecule has 0 fully saturated rings. The summed E-state index contributed by atoms with van der Waals surface area (Å²) in [5, 5.41) is 14.7. The van der Waals surface area contributed by atoms with Crippen molar-refractivity contribution >= 4 is 5.91 Å². The van der Waals surface area contributed by atoms with Crippen LogP contribution in [0.25, 0.3) is 0 Å². The average molecular weight is 368 g/mol. The number of hydrogen-bond donors (Lipinski definition) is 1. The second kappa shape index (κ2) is 8.59. The molecule has 1 amide bonds. The SMILES string of the molecule is CCn1cnnc1[C@@H](C)NC(=O)c1cc(CN(C)Cc2ccccc2)on1. The van der Waals surface area contributed by atoms with Gasteiger partial charge in [0.2, 0.25) is 0 Å². The first kappa shape index (κ1) is 18.8. The van der Waals surface area contributed by atoms with Gasteiger partial charge in [-0.25, -0.2) is 0 Å². The zero-order chi connectivity index (χ0) is 19.2. The molecule has 0 radical (unpaired) electrons. The van der Waals surface area contributed by atoms with Gasteiger partial charge in [0.05, 0.1) is 12.6 Å². The molecular weight excluding hydrogens is 344 g/mol. The summed E-state index contributed by atoms with van der Waals surface area (Å²) >= 11 is 0. The van der Waals surface area contributed by atoms with Gasteiger partial charge in [0.25, 0.3) is 5.91 Å². The monoisotopic (exact) mass is 368 g/mol. The molecule has 142 valence electrons. The summed E-state index contributed by atoms with van der Waals surface area (Å²) < 4.78 is 7.21. The number of benzene rings is 1. The molecule has 1 atom stereocenters. The van der Waals surface area contributed by atoms with Crippen LogP contribution in [0.2, 0.25) is 0 Å². The van der Waals surface area contributed by atoms with Gasteiger partial charge in [-0.15, -0.1) is 10.2 Å². The third-order valence-corrected chi connectivity index (χ3v) is 4.23. The molecule has 0 aliphatic carbocycles. The van der Waals surface area contributed by atoms with E-state index >= 15 is 0 Å². The van der Waals surface area contributed by atoms with E-state index in [0.29, 0.717) is 18.1 Å². The smallest absolute Gasteiger partial charge is 0.274 e. The van der Waals surface area contributed by atoms with E-state index in [1.165, 1.54) is 5.56 Å². The van der Waals surface area contributed by atoms with Crippen molar-refractivity contribution in [3.8, 4) is 0 Å². The van der Waals surface area contributed by atoms with E-state index in [1.54, 1.807) is 12.4 Å². The lowest BCUT2D eigenvalue weighted by atomic mass is 10.2. The number of aryl methyl sites for hydroxylation is 1. The Morgan fingerprint density at radius 2 is 2.07 bits per heavy atom. The fraction of sp³-hybridized carbons (Fsp3) is 0.368. The third kappa shape index (κ3) is 4.79. The maximum Gasteiger partial charge on any atom is 0.274 e. The van der Waals surface area contributed by atoms with E-state index in [4.69, 9.17) is 4.52 Å². The summed E-state index contributed by atoms with van der Waals surface area (Å²) in [7, 11) is 1.99. The fourth-order valence-electron chi connectivity index (χ4n) is 2.89. The Labute approximate surface area is 158 Å². The van der Waals surface area contributed by atoms with Gasteiger partial charge in [0.1, 0.15) is 6.33 Å². The number of aromatic nitrogens is 4. The Bertz CT molecular complexity index is 873. The summed E-state index contributed by atoms with van der Waals surface area (Å²) in [5.41, 5.74) is 1.47. The first-order valence-electron chi connectivity index (χ1n) is 8.93. The van der Waals surface area contributed by atoms with Crippen LogP contribution in [0.1, 0.15) is 47.5 Å². The van der Waals surface area contributed by atoms with Crippen molar-refractivity contribution in [1.29, 1.82) is 0 Å². The molecule has 8 nitrogen and oxygen atoms in total. The fourth-order valence-corrected chi connectivity index (χ4v) is 2.89. The van der Waals surface area contributed by atoms with E-state index in [9.17, 15) is 4.79 Å². The molecule has 0 aliphatic rings. The zero-order valence-electron chi connectivity index (χ0n) is 15.8. The number of rotatable bonds is 8. The Kier molecular flexibility index (Phi) is 5.97. The molecule has 0 aliphatic heterocycles. The van der Waals surface area contributed by atoms with E-state index in [1.807, 2.05) is 43.7 Å². The summed E-state index contributed by atoms with van der Waals surface area (Å²) in [6, 6.07) is 11.6. The number of amides is 1. The Balaban J connectivity index is 1.57. The molecule has 0 unspecified atom stereocenters. The third-order valence-electron chi connectivity index (χ3n) is 4.23. The minimum atomic E-state index is -0.297. The van der Waals surface area contributed by atoms with Crippen molar-refractivity contribution in [1.82, 2.24) is 30.1 Å². The molecule has 0 saturated carbocycles. The van der Waals surface area contributed by atoms with Gasteiger partial charge in [-0.1, -0.05) is 35.5 Å². The number of carbonyl (C=O) groups excluding carboxylic acids is 1. The summed E-state index contributed by atoms with van der Waals surface area (Å²) in [5.74, 6) is 1.05. The van der Waals surface area contributed by atoms with Crippen LogP contribution in [0.15, 0.2) is 47.2 Å². The second-order valence-corrected chi connectivity index (χ2v) is 6.51. The number of carbonyl (C=O) groups is 1. The molecule has 0 bridgehead atoms. The van der Waals surface area contributed by atoms with Gasteiger partial charge in [0.15, 0.2) is 17.3 Å². The van der Waals surface area contributed by atoms with Gasteiger partial charge in [-0.2, -0.15) is 0 Å². The number of nitrogens with zero attached hydrogens (tertiary/aromatic N) is 5. The minimum absolute atomic E-state index is 0.257. The van der Waals surface area contributed by atoms with Crippen molar-refractivity contribution in [2.24, 2.45) is 0 Å². The molecular formula is C19H24N6O2. The van der Waals surface area contributed by atoms with Gasteiger partial charge >= 0.3 is 0 Å². The normalized spacial score (nSPS) is 12.3. The molecule has 27 heavy (non-hydrogen) atoms. The van der Waals surface area contributed by atoms with Crippen LogP contribution >= 0.6 is 0 Å². The molecule has 3 rings (SSSR count). The van der Waals surface area contributed by atoms with Crippen LogP contribution in [-0.2, 0) is 19.6 Å². The van der Waals surface area contributed by atoms with Gasteiger partial charge in [-0.3, -0.25) is 9.69 Å². The molecule has 1 N–H and O–H groups in total. The van der Waals surface area contributed by atoms with E-state index in [-0.39, 0.29) is 17.6 Å². The van der Waals surface area contributed by atoms with E-state index < -0.39 is 0 Å². The Hall–Kier alpha value is -3.00. The largest absolute Gasteiger partial charge is 0.359 e. The molecule has 2 aromatic heterocycles. The zero-order valence-corrected chi connectivity index (χ0v) is 15.8. The van der Waals surface area contributed by atoms with Crippen LogP contribution in [0.3, 0.4) is 0 Å². The van der Waals surface area contributed by atoms with Crippen molar-refractivity contribution < 1.29 is 9.32 Å². The van der Waals surface area contributed by atoms with Crippen LogP contribution in [0.4, 0.5) is 0 Å². The lowest BCUT2D eigenvalue weighted by Crippen LogP contribution is -2.28. The summed E-state index contributed by atoms with van der Waals surface area (Å²) in [4.78, 5) is 14.5. The molecule has 8 heteroatoms. The lowest BCUT2D eigenvalue weighted by Gasteiger charge is -2.14. The summed E-state index contributed by atoms with van der Waals surface area (Å²) in [6.45, 7) is 5.95. The Morgan fingerprint density at radius 1 is 1.30 bits per heavy atom.